The predicted octanol–water partition coefficient (Wildman–Crippen LogP) is 3.93. The van der Waals surface area contributed by atoms with Crippen LogP contribution in [-0.4, -0.2) is 11.9 Å². The van der Waals surface area contributed by atoms with Crippen molar-refractivity contribution in [2.75, 3.05) is 0 Å². The van der Waals surface area contributed by atoms with Crippen molar-refractivity contribution in [1.82, 2.24) is 0 Å². The molecule has 1 aliphatic rings. The topological polar surface area (TPSA) is 21.6 Å². The maximum atomic E-state index is 6.18. The second kappa shape index (κ2) is 4.27. The lowest BCUT2D eigenvalue weighted by atomic mass is 9.89. The monoisotopic (exact) mass is 243 g/mol. The van der Waals surface area contributed by atoms with Crippen LogP contribution in [0.15, 0.2) is 48.0 Å². The Kier molecular flexibility index (Phi) is 3.05. The van der Waals surface area contributed by atoms with Crippen LogP contribution in [0.25, 0.3) is 0 Å². The molecule has 0 unspecified atom stereocenters. The van der Waals surface area contributed by atoms with Crippen LogP contribution in [0, 0.1) is 5.41 Å². The lowest BCUT2D eigenvalue weighted by Crippen LogP contribution is -2.34. The van der Waals surface area contributed by atoms with Crippen molar-refractivity contribution in [3.8, 4) is 0 Å². The van der Waals surface area contributed by atoms with Crippen LogP contribution in [0.2, 0.25) is 0 Å². The first kappa shape index (κ1) is 12.9. The molecule has 1 heterocycles. The van der Waals surface area contributed by atoms with Gasteiger partial charge in [-0.3, -0.25) is 0 Å². The van der Waals surface area contributed by atoms with Gasteiger partial charge in [0.25, 0.3) is 0 Å². The molecule has 0 amide bonds. The molecular formula is C16H21NO. The van der Waals surface area contributed by atoms with Crippen molar-refractivity contribution >= 4 is 5.90 Å². The molecule has 2 rings (SSSR count). The maximum Gasteiger partial charge on any atom is 0.190 e. The van der Waals surface area contributed by atoms with Gasteiger partial charge in [-0.05, 0) is 12.5 Å². The molecule has 2 nitrogen and oxygen atoms in total. The highest BCUT2D eigenvalue weighted by atomic mass is 16.5. The van der Waals surface area contributed by atoms with Gasteiger partial charge in [-0.15, -0.1) is 6.58 Å². The summed E-state index contributed by atoms with van der Waals surface area (Å²) >= 11 is 0. The van der Waals surface area contributed by atoms with Crippen LogP contribution in [0.3, 0.4) is 0 Å². The molecule has 0 saturated carbocycles. The van der Waals surface area contributed by atoms with Crippen molar-refractivity contribution in [2.45, 2.75) is 39.3 Å². The number of rotatable bonds is 2. The van der Waals surface area contributed by atoms with E-state index in [-0.39, 0.29) is 11.5 Å². The first-order valence-electron chi connectivity index (χ1n) is 6.33. The van der Waals surface area contributed by atoms with Gasteiger partial charge >= 0.3 is 0 Å². The Balaban J connectivity index is 2.40. The van der Waals surface area contributed by atoms with Crippen molar-refractivity contribution in [3.05, 3.63) is 48.6 Å². The maximum absolute atomic E-state index is 6.18. The Morgan fingerprint density at radius 3 is 2.39 bits per heavy atom. The standard InChI is InChI=1S/C16H21NO/c1-6-13-16(5,12-10-8-7-9-11-12)18-14(17-13)15(2,3)4/h6-11,13H,1H2,2-5H3/t13-,16+/m0/s1. The summed E-state index contributed by atoms with van der Waals surface area (Å²) in [6, 6.07) is 10.2. The summed E-state index contributed by atoms with van der Waals surface area (Å²) in [5.74, 6) is 0.804. The lowest BCUT2D eigenvalue weighted by molar-refractivity contribution is 0.0752. The summed E-state index contributed by atoms with van der Waals surface area (Å²) in [5.41, 5.74) is 0.622. The molecule has 0 N–H and O–H groups in total. The van der Waals surface area contributed by atoms with E-state index in [9.17, 15) is 0 Å². The summed E-state index contributed by atoms with van der Waals surface area (Å²) in [5, 5.41) is 0. The molecule has 0 bridgehead atoms. The third-order valence-electron chi connectivity index (χ3n) is 3.34. The van der Waals surface area contributed by atoms with Gasteiger partial charge < -0.3 is 4.74 Å². The highest BCUT2D eigenvalue weighted by molar-refractivity contribution is 5.84. The largest absolute Gasteiger partial charge is 0.467 e. The molecule has 0 aromatic heterocycles. The van der Waals surface area contributed by atoms with Crippen molar-refractivity contribution in [1.29, 1.82) is 0 Å². The summed E-state index contributed by atoms with van der Waals surface area (Å²) in [7, 11) is 0. The molecule has 2 heteroatoms. The van der Waals surface area contributed by atoms with Gasteiger partial charge in [0.1, 0.15) is 6.04 Å². The van der Waals surface area contributed by atoms with Gasteiger partial charge in [0.2, 0.25) is 0 Å². The van der Waals surface area contributed by atoms with Gasteiger partial charge in [0.15, 0.2) is 11.5 Å². The third-order valence-corrected chi connectivity index (χ3v) is 3.34. The fraction of sp³-hybridized carbons (Fsp3) is 0.438. The Morgan fingerprint density at radius 2 is 1.89 bits per heavy atom. The molecule has 96 valence electrons. The zero-order valence-corrected chi connectivity index (χ0v) is 11.6. The highest BCUT2D eigenvalue weighted by Crippen LogP contribution is 2.40. The molecule has 0 radical (unpaired) electrons. The summed E-state index contributed by atoms with van der Waals surface area (Å²) in [4.78, 5) is 4.68. The number of ether oxygens (including phenoxy) is 1. The Hall–Kier alpha value is -1.57. The molecular weight excluding hydrogens is 222 g/mol. The second-order valence-electron chi connectivity index (χ2n) is 5.94. The molecule has 0 fully saturated rings. The molecule has 2 atom stereocenters. The van der Waals surface area contributed by atoms with Crippen LogP contribution in [-0.2, 0) is 10.3 Å². The van der Waals surface area contributed by atoms with E-state index in [0.29, 0.717) is 0 Å². The third kappa shape index (κ3) is 2.07. The fourth-order valence-corrected chi connectivity index (χ4v) is 2.16. The van der Waals surface area contributed by atoms with Crippen LogP contribution in [0.4, 0.5) is 0 Å². The first-order chi connectivity index (χ1) is 8.38. The zero-order chi connectivity index (χ0) is 13.4. The van der Waals surface area contributed by atoms with Crippen LogP contribution in [0.5, 0.6) is 0 Å². The molecule has 1 aromatic rings. The summed E-state index contributed by atoms with van der Waals surface area (Å²) in [6.07, 6.45) is 1.87. The van der Waals surface area contributed by atoms with E-state index < -0.39 is 5.60 Å². The average molecular weight is 243 g/mol. The number of hydrogen-bond donors (Lipinski definition) is 0. The number of aliphatic imine (C=N–C) groups is 1. The van der Waals surface area contributed by atoms with Gasteiger partial charge in [0.05, 0.1) is 0 Å². The van der Waals surface area contributed by atoms with E-state index in [4.69, 9.17) is 4.74 Å². The van der Waals surface area contributed by atoms with Crippen molar-refractivity contribution < 1.29 is 4.74 Å². The van der Waals surface area contributed by atoms with E-state index in [1.807, 2.05) is 24.3 Å². The molecule has 18 heavy (non-hydrogen) atoms. The molecule has 0 spiro atoms. The van der Waals surface area contributed by atoms with E-state index in [1.54, 1.807) is 0 Å². The van der Waals surface area contributed by atoms with Gasteiger partial charge in [0, 0.05) is 5.41 Å². The quantitative estimate of drug-likeness (QED) is 0.721. The smallest absolute Gasteiger partial charge is 0.190 e. The van der Waals surface area contributed by atoms with E-state index in [0.717, 1.165) is 11.5 Å². The minimum atomic E-state index is -0.439. The van der Waals surface area contributed by atoms with Gasteiger partial charge in [-0.2, -0.15) is 0 Å². The van der Waals surface area contributed by atoms with Crippen LogP contribution in [0.1, 0.15) is 33.3 Å². The van der Waals surface area contributed by atoms with E-state index in [2.05, 4.69) is 51.4 Å². The van der Waals surface area contributed by atoms with Crippen molar-refractivity contribution in [3.63, 3.8) is 0 Å². The summed E-state index contributed by atoms with van der Waals surface area (Å²) < 4.78 is 6.18. The summed E-state index contributed by atoms with van der Waals surface area (Å²) in [6.45, 7) is 12.3. The van der Waals surface area contributed by atoms with E-state index >= 15 is 0 Å². The first-order valence-corrected chi connectivity index (χ1v) is 6.33. The lowest BCUT2D eigenvalue weighted by Gasteiger charge is -2.30. The normalized spacial score (nSPS) is 27.6. The predicted molar refractivity (Wildman–Crippen MR) is 75.8 cm³/mol. The second-order valence-corrected chi connectivity index (χ2v) is 5.94. The van der Waals surface area contributed by atoms with Crippen molar-refractivity contribution in [2.24, 2.45) is 10.4 Å². The molecule has 1 aromatic carbocycles. The SMILES string of the molecule is C=C[C@@H]1N=C(C(C)(C)C)O[C@]1(C)c1ccccc1. The molecule has 0 saturated heterocycles. The van der Waals surface area contributed by atoms with E-state index in [1.165, 1.54) is 0 Å². The Bertz CT molecular complexity index is 470. The van der Waals surface area contributed by atoms with Crippen LogP contribution >= 0.6 is 0 Å². The number of nitrogens with zero attached hydrogens (tertiary/aromatic N) is 1. The van der Waals surface area contributed by atoms with Gasteiger partial charge in [-0.1, -0.05) is 57.2 Å². The minimum absolute atomic E-state index is 0.0332. The fourth-order valence-electron chi connectivity index (χ4n) is 2.16. The average Bonchev–Trinajstić information content (AvgIpc) is 2.69. The molecule has 0 aliphatic carbocycles. The number of hydrogen-bond acceptors (Lipinski definition) is 2. The molecule has 1 aliphatic heterocycles. The number of benzene rings is 1. The minimum Gasteiger partial charge on any atom is -0.467 e. The zero-order valence-electron chi connectivity index (χ0n) is 11.6. The van der Waals surface area contributed by atoms with Crippen LogP contribution < -0.4 is 0 Å². The Labute approximate surface area is 109 Å². The van der Waals surface area contributed by atoms with Gasteiger partial charge in [-0.25, -0.2) is 4.99 Å². The Morgan fingerprint density at radius 1 is 1.28 bits per heavy atom. The highest BCUT2D eigenvalue weighted by Gasteiger charge is 2.45.